The molecule has 2 aromatic carbocycles. The van der Waals surface area contributed by atoms with Gasteiger partial charge in [0.05, 0.1) is 30.9 Å². The fourth-order valence-electron chi connectivity index (χ4n) is 4.18. The van der Waals surface area contributed by atoms with E-state index in [9.17, 15) is 28.0 Å². The van der Waals surface area contributed by atoms with E-state index in [4.69, 9.17) is 9.84 Å². The van der Waals surface area contributed by atoms with Gasteiger partial charge in [-0.3, -0.25) is 19.5 Å². The van der Waals surface area contributed by atoms with Crippen LogP contribution < -0.4 is 20.5 Å². The van der Waals surface area contributed by atoms with E-state index in [0.717, 1.165) is 17.0 Å². The van der Waals surface area contributed by atoms with Gasteiger partial charge in [-0.15, -0.1) is 0 Å². The number of hydrogen-bond donors (Lipinski definition) is 3. The van der Waals surface area contributed by atoms with Crippen LogP contribution in [0.5, 0.6) is 0 Å². The highest BCUT2D eigenvalue weighted by atomic mass is 19.3. The van der Waals surface area contributed by atoms with Crippen molar-refractivity contribution in [2.24, 2.45) is 0 Å². The van der Waals surface area contributed by atoms with Crippen LogP contribution in [0.15, 0.2) is 36.4 Å². The number of rotatable bonds is 7. The van der Waals surface area contributed by atoms with Crippen molar-refractivity contribution in [3.63, 3.8) is 0 Å². The third kappa shape index (κ3) is 6.19. The molecule has 208 valence electrons. The van der Waals surface area contributed by atoms with Gasteiger partial charge >= 0.3 is 18.5 Å². The summed E-state index contributed by atoms with van der Waals surface area (Å²) in [6.07, 6.45) is -5.19. The Morgan fingerprint density at radius 1 is 1.05 bits per heavy atom. The van der Waals surface area contributed by atoms with Crippen LogP contribution >= 0.6 is 0 Å². The lowest BCUT2D eigenvalue weighted by molar-refractivity contribution is -0.132. The topological polar surface area (TPSA) is 132 Å². The van der Waals surface area contributed by atoms with Gasteiger partial charge in [-0.25, -0.2) is 23.8 Å². The average Bonchev–Trinajstić information content (AvgIpc) is 3.11. The molecule has 2 saturated heterocycles. The van der Waals surface area contributed by atoms with E-state index < -0.39 is 54.6 Å². The van der Waals surface area contributed by atoms with Gasteiger partial charge in [-0.05, 0) is 24.3 Å². The zero-order valence-electron chi connectivity index (χ0n) is 20.2. The minimum atomic E-state index is -3.24. The number of carboxylic acids is 1. The summed E-state index contributed by atoms with van der Waals surface area (Å²) >= 11 is 0. The molecule has 15 heteroatoms. The summed E-state index contributed by atoms with van der Waals surface area (Å²) in [5.41, 5.74) is 2.61. The minimum absolute atomic E-state index is 0.0205. The molecule has 3 N–H and O–H groups in total. The van der Waals surface area contributed by atoms with Crippen LogP contribution in [-0.2, 0) is 9.53 Å². The predicted octanol–water partition coefficient (Wildman–Crippen LogP) is 1.84. The van der Waals surface area contributed by atoms with Crippen molar-refractivity contribution in [1.29, 1.82) is 0 Å². The lowest BCUT2D eigenvalue weighted by atomic mass is 10.1. The van der Waals surface area contributed by atoms with Crippen molar-refractivity contribution in [3.8, 4) is 0 Å². The highest BCUT2D eigenvalue weighted by molar-refractivity contribution is 5.95. The van der Waals surface area contributed by atoms with Gasteiger partial charge < -0.3 is 20.1 Å². The second-order valence-electron chi connectivity index (χ2n) is 8.65. The summed E-state index contributed by atoms with van der Waals surface area (Å²) in [5.74, 6) is -5.06. The first-order valence-electron chi connectivity index (χ1n) is 11.7. The minimum Gasteiger partial charge on any atom is -0.478 e. The molecule has 0 spiro atoms. The number of anilines is 2. The van der Waals surface area contributed by atoms with Crippen molar-refractivity contribution in [2.75, 3.05) is 49.1 Å². The summed E-state index contributed by atoms with van der Waals surface area (Å²) in [6, 6.07) is 7.20. The van der Waals surface area contributed by atoms with Crippen LogP contribution in [0.2, 0.25) is 0 Å². The van der Waals surface area contributed by atoms with E-state index >= 15 is 8.78 Å². The SMILES string of the molecule is O=C(O)c1ccc(C(=O)N2CCN(c3c(F)cc(N4C[C@H](CNC(=O)C(F)F)OC4=O)cc3F)CCN2)cc1. The van der Waals surface area contributed by atoms with E-state index in [1.165, 1.54) is 34.2 Å². The zero-order chi connectivity index (χ0) is 28.3. The van der Waals surface area contributed by atoms with Gasteiger partial charge in [0.1, 0.15) is 11.8 Å². The molecule has 0 radical (unpaired) electrons. The highest BCUT2D eigenvalue weighted by Crippen LogP contribution is 2.31. The number of hydrazine groups is 1. The second-order valence-corrected chi connectivity index (χ2v) is 8.65. The van der Waals surface area contributed by atoms with E-state index in [0.29, 0.717) is 0 Å². The Morgan fingerprint density at radius 3 is 2.31 bits per heavy atom. The van der Waals surface area contributed by atoms with Crippen LogP contribution in [-0.4, -0.2) is 85.8 Å². The summed E-state index contributed by atoms with van der Waals surface area (Å²) in [5, 5.41) is 12.2. The number of cyclic esters (lactones) is 1. The standard InChI is InChI=1S/C24H23F4N5O6/c25-17-9-15(32-12-16(39-24(32)38)11-29-21(34)20(27)28)10-18(26)19(17)31-6-5-30-33(8-7-31)22(35)13-1-3-14(4-2-13)23(36)37/h1-4,9-10,16,20,30H,5-8,11-12H2,(H,29,34)(H,36,37)/t16-/m0/s1. The number of carbonyl (C=O) groups excluding carboxylic acids is 3. The number of benzene rings is 2. The molecule has 0 bridgehead atoms. The number of nitrogens with one attached hydrogen (secondary N) is 2. The van der Waals surface area contributed by atoms with Gasteiger partial charge in [0.15, 0.2) is 11.6 Å². The predicted molar refractivity (Wildman–Crippen MR) is 128 cm³/mol. The lowest BCUT2D eigenvalue weighted by Crippen LogP contribution is -2.43. The van der Waals surface area contributed by atoms with Crippen LogP contribution in [0.3, 0.4) is 0 Å². The Bertz CT molecular complexity index is 1260. The molecular formula is C24H23F4N5O6. The third-order valence-corrected chi connectivity index (χ3v) is 6.11. The van der Waals surface area contributed by atoms with E-state index in [-0.39, 0.29) is 55.2 Å². The highest BCUT2D eigenvalue weighted by Gasteiger charge is 2.34. The Balaban J connectivity index is 1.42. The largest absolute Gasteiger partial charge is 0.478 e. The quantitative estimate of drug-likeness (QED) is 0.443. The van der Waals surface area contributed by atoms with Crippen LogP contribution in [0.25, 0.3) is 0 Å². The molecule has 3 amide bonds. The van der Waals surface area contributed by atoms with Gasteiger partial charge in [0.25, 0.3) is 11.8 Å². The van der Waals surface area contributed by atoms with Crippen molar-refractivity contribution in [3.05, 3.63) is 59.2 Å². The molecule has 11 nitrogen and oxygen atoms in total. The van der Waals surface area contributed by atoms with E-state index in [1.807, 2.05) is 5.32 Å². The summed E-state index contributed by atoms with van der Waals surface area (Å²) in [7, 11) is 0. The zero-order valence-corrected chi connectivity index (χ0v) is 20.2. The number of nitrogens with zero attached hydrogens (tertiary/aromatic N) is 3. The molecule has 4 rings (SSSR count). The van der Waals surface area contributed by atoms with E-state index in [1.54, 1.807) is 0 Å². The smallest absolute Gasteiger partial charge is 0.414 e. The second kappa shape index (κ2) is 11.6. The number of aromatic carboxylic acids is 1. The molecule has 0 aromatic heterocycles. The Morgan fingerprint density at radius 2 is 1.69 bits per heavy atom. The van der Waals surface area contributed by atoms with Crippen LogP contribution in [0.4, 0.5) is 33.7 Å². The fraction of sp³-hybridized carbons (Fsp3) is 0.333. The molecule has 2 fully saturated rings. The maximum atomic E-state index is 15.1. The number of carboxylic acid groups (broad SMARTS) is 1. The van der Waals surface area contributed by atoms with Gasteiger partial charge in [0, 0.05) is 37.3 Å². The molecule has 2 aliphatic heterocycles. The molecule has 0 unspecified atom stereocenters. The first-order valence-corrected chi connectivity index (χ1v) is 11.7. The van der Waals surface area contributed by atoms with Crippen molar-refractivity contribution in [1.82, 2.24) is 15.8 Å². The number of alkyl halides is 2. The summed E-state index contributed by atoms with van der Waals surface area (Å²) in [4.78, 5) is 49.4. The molecule has 0 saturated carbocycles. The molecule has 2 aromatic rings. The first kappa shape index (κ1) is 27.6. The van der Waals surface area contributed by atoms with Crippen molar-refractivity contribution >= 4 is 35.3 Å². The number of halogens is 4. The molecule has 0 aliphatic carbocycles. The van der Waals surface area contributed by atoms with Gasteiger partial charge in [-0.2, -0.15) is 8.78 Å². The van der Waals surface area contributed by atoms with Crippen molar-refractivity contribution < 1.29 is 46.6 Å². The van der Waals surface area contributed by atoms with Crippen molar-refractivity contribution in [2.45, 2.75) is 12.5 Å². The summed E-state index contributed by atoms with van der Waals surface area (Å²) < 4.78 is 59.9. The fourth-order valence-corrected chi connectivity index (χ4v) is 4.18. The number of ether oxygens (including phenoxy) is 1. The Labute approximate surface area is 218 Å². The molecule has 39 heavy (non-hydrogen) atoms. The van der Waals surface area contributed by atoms with Crippen LogP contribution in [0, 0.1) is 11.6 Å². The Kier molecular flexibility index (Phi) is 8.18. The number of amides is 3. The average molecular weight is 553 g/mol. The van der Waals surface area contributed by atoms with Gasteiger partial charge in [-0.1, -0.05) is 0 Å². The molecule has 2 aliphatic rings. The number of carbonyl (C=O) groups is 4. The molecule has 1 atom stereocenters. The maximum Gasteiger partial charge on any atom is 0.414 e. The maximum absolute atomic E-state index is 15.1. The van der Waals surface area contributed by atoms with Gasteiger partial charge in [0.2, 0.25) is 0 Å². The number of hydrogen-bond acceptors (Lipinski definition) is 7. The van der Waals surface area contributed by atoms with E-state index in [2.05, 4.69) is 5.43 Å². The normalized spacial score (nSPS) is 17.7. The Hall–Kier alpha value is -4.40. The van der Waals surface area contributed by atoms with Crippen LogP contribution in [0.1, 0.15) is 20.7 Å². The molecular weight excluding hydrogens is 530 g/mol. The molecule has 2 heterocycles. The summed E-state index contributed by atoms with van der Waals surface area (Å²) in [6.45, 7) is -0.231. The lowest BCUT2D eigenvalue weighted by Gasteiger charge is -2.25. The monoisotopic (exact) mass is 553 g/mol. The first-order chi connectivity index (χ1) is 18.5. The third-order valence-electron chi connectivity index (χ3n) is 6.11.